The van der Waals surface area contributed by atoms with Gasteiger partial charge in [0.2, 0.25) is 0 Å². The van der Waals surface area contributed by atoms with E-state index in [1.54, 1.807) is 6.20 Å². The van der Waals surface area contributed by atoms with Crippen molar-refractivity contribution in [3.8, 4) is 0 Å². The van der Waals surface area contributed by atoms with Gasteiger partial charge in [0.1, 0.15) is 0 Å². The summed E-state index contributed by atoms with van der Waals surface area (Å²) in [7, 11) is 0. The topological polar surface area (TPSA) is 33.1 Å². The third-order valence-electron chi connectivity index (χ3n) is 2.39. The maximum Gasteiger partial charge on any atom is 0.0600 e. The Balaban J connectivity index is 2.59. The van der Waals surface area contributed by atoms with Crippen LogP contribution < -0.4 is 0 Å². The molecule has 1 rings (SSSR count). The van der Waals surface area contributed by atoms with Crippen LogP contribution in [0.1, 0.15) is 38.4 Å². The summed E-state index contributed by atoms with van der Waals surface area (Å²) < 4.78 is 0. The molecule has 0 radical (unpaired) electrons. The van der Waals surface area contributed by atoms with E-state index in [1.807, 2.05) is 19.1 Å². The van der Waals surface area contributed by atoms with E-state index in [2.05, 4.69) is 25.8 Å². The molecule has 1 unspecified atom stereocenters. The van der Waals surface area contributed by atoms with Crippen LogP contribution in [0.5, 0.6) is 0 Å². The maximum absolute atomic E-state index is 9.92. The standard InChI is InChI=1S/C13H21NO/c1-10-6-5-7-14-12(10)8-11(15)9-13(2,3)4/h5-7,11,15H,8-9H2,1-4H3. The molecule has 0 saturated carbocycles. The lowest BCUT2D eigenvalue weighted by atomic mass is 9.87. The number of pyridine rings is 1. The molecule has 2 nitrogen and oxygen atoms in total. The number of aliphatic hydroxyl groups is 1. The molecular weight excluding hydrogens is 186 g/mol. The Morgan fingerprint density at radius 2 is 2.07 bits per heavy atom. The summed E-state index contributed by atoms with van der Waals surface area (Å²) >= 11 is 0. The second kappa shape index (κ2) is 4.75. The number of hydrogen-bond donors (Lipinski definition) is 1. The first-order valence-corrected chi connectivity index (χ1v) is 5.47. The van der Waals surface area contributed by atoms with Gasteiger partial charge < -0.3 is 5.11 Å². The average Bonchev–Trinajstić information content (AvgIpc) is 2.05. The monoisotopic (exact) mass is 207 g/mol. The molecule has 15 heavy (non-hydrogen) atoms. The van der Waals surface area contributed by atoms with Gasteiger partial charge in [-0.15, -0.1) is 0 Å². The fourth-order valence-electron chi connectivity index (χ4n) is 1.73. The highest BCUT2D eigenvalue weighted by atomic mass is 16.3. The minimum atomic E-state index is -0.293. The summed E-state index contributed by atoms with van der Waals surface area (Å²) in [5, 5.41) is 9.92. The third kappa shape index (κ3) is 4.43. The molecular formula is C13H21NO. The van der Waals surface area contributed by atoms with Gasteiger partial charge in [-0.05, 0) is 30.4 Å². The van der Waals surface area contributed by atoms with E-state index in [0.717, 1.165) is 17.7 Å². The fourth-order valence-corrected chi connectivity index (χ4v) is 1.73. The summed E-state index contributed by atoms with van der Waals surface area (Å²) in [6, 6.07) is 3.96. The van der Waals surface area contributed by atoms with E-state index in [9.17, 15) is 5.11 Å². The number of aliphatic hydroxyl groups excluding tert-OH is 1. The molecule has 0 fully saturated rings. The van der Waals surface area contributed by atoms with Crippen molar-refractivity contribution in [1.82, 2.24) is 4.98 Å². The van der Waals surface area contributed by atoms with Gasteiger partial charge in [0.15, 0.2) is 0 Å². The lowest BCUT2D eigenvalue weighted by Crippen LogP contribution is -2.20. The van der Waals surface area contributed by atoms with Gasteiger partial charge in [-0.3, -0.25) is 4.98 Å². The summed E-state index contributed by atoms with van der Waals surface area (Å²) in [5.41, 5.74) is 2.34. The molecule has 84 valence electrons. The second-order valence-corrected chi connectivity index (χ2v) is 5.39. The van der Waals surface area contributed by atoms with Crippen molar-refractivity contribution in [2.45, 2.75) is 46.6 Å². The van der Waals surface area contributed by atoms with E-state index in [1.165, 1.54) is 0 Å². The van der Waals surface area contributed by atoms with Crippen LogP contribution in [0, 0.1) is 12.3 Å². The second-order valence-electron chi connectivity index (χ2n) is 5.39. The van der Waals surface area contributed by atoms with Crippen molar-refractivity contribution in [1.29, 1.82) is 0 Å². The Kier molecular flexibility index (Phi) is 3.86. The van der Waals surface area contributed by atoms with Gasteiger partial charge in [-0.2, -0.15) is 0 Å². The first-order valence-electron chi connectivity index (χ1n) is 5.47. The molecule has 1 aromatic heterocycles. The number of nitrogens with zero attached hydrogens (tertiary/aromatic N) is 1. The zero-order valence-corrected chi connectivity index (χ0v) is 10.1. The predicted octanol–water partition coefficient (Wildman–Crippen LogP) is 2.73. The smallest absolute Gasteiger partial charge is 0.0600 e. The molecule has 1 heterocycles. The number of hydrogen-bond acceptors (Lipinski definition) is 2. The summed E-state index contributed by atoms with van der Waals surface area (Å²) in [4.78, 5) is 4.29. The van der Waals surface area contributed by atoms with E-state index in [-0.39, 0.29) is 11.5 Å². The highest BCUT2D eigenvalue weighted by Gasteiger charge is 2.17. The van der Waals surface area contributed by atoms with Crippen LogP contribution in [0.4, 0.5) is 0 Å². The van der Waals surface area contributed by atoms with Crippen LogP contribution in [-0.4, -0.2) is 16.2 Å². The molecule has 0 saturated heterocycles. The Morgan fingerprint density at radius 1 is 1.40 bits per heavy atom. The Hall–Kier alpha value is -0.890. The van der Waals surface area contributed by atoms with E-state index < -0.39 is 0 Å². The van der Waals surface area contributed by atoms with Crippen LogP contribution in [0.25, 0.3) is 0 Å². The zero-order chi connectivity index (χ0) is 11.5. The van der Waals surface area contributed by atoms with Gasteiger partial charge in [0.05, 0.1) is 6.10 Å². The minimum absolute atomic E-state index is 0.169. The first kappa shape index (κ1) is 12.2. The molecule has 0 aliphatic carbocycles. The number of rotatable bonds is 3. The van der Waals surface area contributed by atoms with Crippen LogP contribution in [0.3, 0.4) is 0 Å². The summed E-state index contributed by atoms with van der Waals surface area (Å²) in [6.45, 7) is 8.45. The lowest BCUT2D eigenvalue weighted by Gasteiger charge is -2.22. The summed E-state index contributed by atoms with van der Waals surface area (Å²) in [5.74, 6) is 0. The largest absolute Gasteiger partial charge is 0.393 e. The lowest BCUT2D eigenvalue weighted by molar-refractivity contribution is 0.120. The zero-order valence-electron chi connectivity index (χ0n) is 10.1. The minimum Gasteiger partial charge on any atom is -0.393 e. The molecule has 0 aliphatic heterocycles. The van der Waals surface area contributed by atoms with Gasteiger partial charge >= 0.3 is 0 Å². The van der Waals surface area contributed by atoms with Crippen molar-refractivity contribution in [2.24, 2.45) is 5.41 Å². The van der Waals surface area contributed by atoms with E-state index in [0.29, 0.717) is 6.42 Å². The van der Waals surface area contributed by atoms with Gasteiger partial charge in [-0.1, -0.05) is 26.8 Å². The van der Waals surface area contributed by atoms with Gasteiger partial charge in [0.25, 0.3) is 0 Å². The van der Waals surface area contributed by atoms with Crippen LogP contribution in [0.2, 0.25) is 0 Å². The number of aromatic nitrogens is 1. The Labute approximate surface area is 92.4 Å². The molecule has 0 spiro atoms. The predicted molar refractivity (Wildman–Crippen MR) is 62.8 cm³/mol. The van der Waals surface area contributed by atoms with Gasteiger partial charge in [-0.25, -0.2) is 0 Å². The first-order chi connectivity index (χ1) is 6.88. The average molecular weight is 207 g/mol. The van der Waals surface area contributed by atoms with E-state index in [4.69, 9.17) is 0 Å². The fraction of sp³-hybridized carbons (Fsp3) is 0.615. The Morgan fingerprint density at radius 3 is 2.60 bits per heavy atom. The maximum atomic E-state index is 9.92. The van der Waals surface area contributed by atoms with Crippen molar-refractivity contribution in [2.75, 3.05) is 0 Å². The Bertz CT molecular complexity index is 315. The molecule has 0 amide bonds. The molecule has 0 aliphatic rings. The van der Waals surface area contributed by atoms with Crippen LogP contribution >= 0.6 is 0 Å². The van der Waals surface area contributed by atoms with Crippen molar-refractivity contribution in [3.05, 3.63) is 29.6 Å². The molecule has 1 atom stereocenters. The molecule has 2 heteroatoms. The highest BCUT2D eigenvalue weighted by Crippen LogP contribution is 2.22. The van der Waals surface area contributed by atoms with Gasteiger partial charge in [0, 0.05) is 18.3 Å². The van der Waals surface area contributed by atoms with Crippen LogP contribution in [0.15, 0.2) is 18.3 Å². The van der Waals surface area contributed by atoms with Crippen LogP contribution in [-0.2, 0) is 6.42 Å². The molecule has 0 bridgehead atoms. The summed E-state index contributed by atoms with van der Waals surface area (Å²) in [6.07, 6.45) is 2.96. The quantitative estimate of drug-likeness (QED) is 0.826. The van der Waals surface area contributed by atoms with Crippen molar-refractivity contribution in [3.63, 3.8) is 0 Å². The van der Waals surface area contributed by atoms with Crippen molar-refractivity contribution < 1.29 is 5.11 Å². The molecule has 1 aromatic rings. The third-order valence-corrected chi connectivity index (χ3v) is 2.39. The normalized spacial score (nSPS) is 13.9. The van der Waals surface area contributed by atoms with Crippen molar-refractivity contribution >= 4 is 0 Å². The van der Waals surface area contributed by atoms with E-state index >= 15 is 0 Å². The SMILES string of the molecule is Cc1cccnc1CC(O)CC(C)(C)C. The number of aryl methyl sites for hydroxylation is 1. The molecule has 0 aromatic carbocycles. The molecule has 1 N–H and O–H groups in total. The highest BCUT2D eigenvalue weighted by molar-refractivity contribution is 5.18.